The highest BCUT2D eigenvalue weighted by Crippen LogP contribution is 2.26. The summed E-state index contributed by atoms with van der Waals surface area (Å²) < 4.78 is 7.52. The second-order valence-electron chi connectivity index (χ2n) is 3.45. The molecule has 0 aromatic heterocycles. The number of hydrogen-bond donors (Lipinski definition) is 0. The van der Waals surface area contributed by atoms with Crippen LogP contribution in [0.2, 0.25) is 0 Å². The minimum atomic E-state index is 0.599. The first kappa shape index (κ1) is 9.52. The molecule has 0 aliphatic rings. The molecule has 0 spiro atoms. The Kier molecular flexibility index (Phi) is 5.19. The third-order valence-corrected chi connectivity index (χ3v) is 3.50. The van der Waals surface area contributed by atoms with Crippen LogP contribution in [0.1, 0.15) is 41.9 Å². The van der Waals surface area contributed by atoms with Crippen LogP contribution in [0.5, 0.6) is 0 Å². The van der Waals surface area contributed by atoms with Crippen molar-refractivity contribution in [2.24, 2.45) is 17.8 Å². The van der Waals surface area contributed by atoms with Crippen molar-refractivity contribution in [1.82, 2.24) is 0 Å². The van der Waals surface area contributed by atoms with E-state index < -0.39 is 0 Å². The highest BCUT2D eigenvalue weighted by atomic mass is 31.0. The summed E-state index contributed by atoms with van der Waals surface area (Å²) in [5.74, 6) is 2.06. The van der Waals surface area contributed by atoms with Crippen molar-refractivity contribution in [3.05, 3.63) is 0 Å². The first-order chi connectivity index (χ1) is 5.71. The largest absolute Gasteiger partial charge is 0.137 e. The maximum absolute atomic E-state index is 7.52. The molecule has 0 saturated heterocycles. The fourth-order valence-electron chi connectivity index (χ4n) is 1.53. The molecule has 0 rings (SSSR count). The van der Waals surface area contributed by atoms with Crippen molar-refractivity contribution in [3.63, 3.8) is 0 Å². The normalized spacial score (nSPS) is 18.1. The van der Waals surface area contributed by atoms with Crippen LogP contribution in [0.25, 0.3) is 0 Å². The molecule has 11 heavy (non-hydrogen) atoms. The first-order valence-corrected chi connectivity index (χ1v) is 5.52. The van der Waals surface area contributed by atoms with Crippen LogP contribution in [0.15, 0.2) is 0 Å². The van der Waals surface area contributed by atoms with Gasteiger partial charge < -0.3 is 0 Å². The lowest BCUT2D eigenvalue weighted by Crippen LogP contribution is -2.18. The molecule has 0 fully saturated rings. The zero-order chi connectivity index (χ0) is 9.56. The Balaban J connectivity index is 4.09. The topological polar surface area (TPSA) is 0 Å². The van der Waals surface area contributed by atoms with E-state index in [1.54, 1.807) is 0 Å². The average molecular weight is 175 g/mol. The molecule has 0 aromatic rings. The lowest BCUT2D eigenvalue weighted by molar-refractivity contribution is 0.265. The average Bonchev–Trinajstić information content (AvgIpc) is 2.12. The predicted octanol–water partition coefficient (Wildman–Crippen LogP) is 3.57. The standard InChI is InChI=1S/C10H23P/c1-5-10(6-2)9(4)8(3)7-11/h8-10H,5-7,11H2,1-4H3/t8-,9+/m1/s1/i4D. The molecule has 0 aromatic carbocycles. The summed E-state index contributed by atoms with van der Waals surface area (Å²) >= 11 is 0. The van der Waals surface area contributed by atoms with Crippen LogP contribution in [0.4, 0.5) is 0 Å². The maximum atomic E-state index is 7.52. The third kappa shape index (κ3) is 3.56. The van der Waals surface area contributed by atoms with Crippen LogP contribution in [-0.4, -0.2) is 6.16 Å². The van der Waals surface area contributed by atoms with Crippen molar-refractivity contribution < 1.29 is 1.37 Å². The zero-order valence-electron chi connectivity index (χ0n) is 9.14. The van der Waals surface area contributed by atoms with E-state index in [-0.39, 0.29) is 0 Å². The minimum absolute atomic E-state index is 0.599. The van der Waals surface area contributed by atoms with Crippen LogP contribution in [-0.2, 0) is 0 Å². The van der Waals surface area contributed by atoms with E-state index in [0.29, 0.717) is 18.7 Å². The van der Waals surface area contributed by atoms with Crippen molar-refractivity contribution in [2.45, 2.75) is 40.5 Å². The molecule has 0 N–H and O–H groups in total. The van der Waals surface area contributed by atoms with E-state index in [2.05, 4.69) is 30.0 Å². The molecule has 0 amide bonds. The van der Waals surface area contributed by atoms with Gasteiger partial charge in [-0.15, -0.1) is 9.24 Å². The van der Waals surface area contributed by atoms with Gasteiger partial charge in [-0.3, -0.25) is 0 Å². The molecule has 0 aliphatic carbocycles. The molecular formula is C10H23P. The summed E-state index contributed by atoms with van der Waals surface area (Å²) in [4.78, 5) is 0. The molecule has 0 nitrogen and oxygen atoms in total. The summed E-state index contributed by atoms with van der Waals surface area (Å²) in [6, 6.07) is 0. The zero-order valence-corrected chi connectivity index (χ0v) is 9.29. The molecule has 3 atom stereocenters. The van der Waals surface area contributed by atoms with Gasteiger partial charge in [0.05, 0.1) is 0 Å². The van der Waals surface area contributed by atoms with Crippen molar-refractivity contribution in [3.8, 4) is 0 Å². The lowest BCUT2D eigenvalue weighted by atomic mass is 9.82. The molecule has 68 valence electrons. The number of hydrogen-bond acceptors (Lipinski definition) is 0. The second kappa shape index (κ2) is 6.00. The third-order valence-electron chi connectivity index (χ3n) is 2.76. The van der Waals surface area contributed by atoms with Crippen LogP contribution < -0.4 is 0 Å². The Morgan fingerprint density at radius 1 is 1.36 bits per heavy atom. The Bertz CT molecular complexity index is 102. The second-order valence-corrected chi connectivity index (χ2v) is 3.92. The maximum Gasteiger partial charge on any atom is 0.0233 e. The van der Waals surface area contributed by atoms with Crippen LogP contribution in [0, 0.1) is 17.8 Å². The van der Waals surface area contributed by atoms with Crippen LogP contribution in [0.3, 0.4) is 0 Å². The van der Waals surface area contributed by atoms with Gasteiger partial charge in [0.15, 0.2) is 0 Å². The number of rotatable bonds is 5. The summed E-state index contributed by atoms with van der Waals surface area (Å²) in [5, 5.41) is 0. The first-order valence-electron chi connectivity index (χ1n) is 5.41. The monoisotopic (exact) mass is 175 g/mol. The molecule has 0 bridgehead atoms. The molecule has 1 unspecified atom stereocenters. The Morgan fingerprint density at radius 3 is 2.18 bits per heavy atom. The van der Waals surface area contributed by atoms with Gasteiger partial charge in [0.25, 0.3) is 0 Å². The smallest absolute Gasteiger partial charge is 0.0233 e. The quantitative estimate of drug-likeness (QED) is 0.560. The summed E-state index contributed by atoms with van der Waals surface area (Å²) in [7, 11) is 2.80. The van der Waals surface area contributed by atoms with Gasteiger partial charge in [-0.25, -0.2) is 0 Å². The Morgan fingerprint density at radius 2 is 1.91 bits per heavy atom. The van der Waals surface area contributed by atoms with Crippen molar-refractivity contribution >= 4 is 9.24 Å². The van der Waals surface area contributed by atoms with Gasteiger partial charge in [-0.2, -0.15) is 0 Å². The van der Waals surface area contributed by atoms with E-state index >= 15 is 0 Å². The molecular weight excluding hydrogens is 151 g/mol. The summed E-state index contributed by atoms with van der Waals surface area (Å²) in [5.41, 5.74) is 0. The minimum Gasteiger partial charge on any atom is -0.137 e. The van der Waals surface area contributed by atoms with Crippen molar-refractivity contribution in [2.75, 3.05) is 6.16 Å². The summed E-state index contributed by atoms with van der Waals surface area (Å²) in [6.07, 6.45) is 3.60. The van der Waals surface area contributed by atoms with E-state index in [1.165, 1.54) is 12.8 Å². The fraction of sp³-hybridized carbons (Fsp3) is 1.00. The Labute approximate surface area is 75.8 Å². The van der Waals surface area contributed by atoms with Gasteiger partial charge >= 0.3 is 0 Å². The molecule has 0 radical (unpaired) electrons. The fourth-order valence-corrected chi connectivity index (χ4v) is 1.88. The van der Waals surface area contributed by atoms with Gasteiger partial charge in [0, 0.05) is 1.37 Å². The van der Waals surface area contributed by atoms with Gasteiger partial charge in [-0.1, -0.05) is 40.5 Å². The van der Waals surface area contributed by atoms with E-state index in [0.717, 1.165) is 12.1 Å². The van der Waals surface area contributed by atoms with Gasteiger partial charge in [-0.05, 0) is 23.9 Å². The molecule has 0 heterocycles. The van der Waals surface area contributed by atoms with E-state index in [4.69, 9.17) is 1.37 Å². The van der Waals surface area contributed by atoms with Gasteiger partial charge in [0.1, 0.15) is 0 Å². The highest BCUT2D eigenvalue weighted by molar-refractivity contribution is 7.16. The molecule has 1 heteroatoms. The van der Waals surface area contributed by atoms with Gasteiger partial charge in [0.2, 0.25) is 0 Å². The Hall–Kier alpha value is 0.430. The van der Waals surface area contributed by atoms with E-state index in [1.807, 2.05) is 0 Å². The molecule has 0 aliphatic heterocycles. The summed E-state index contributed by atoms with van der Waals surface area (Å²) in [6.45, 7) is 7.35. The molecule has 0 saturated carbocycles. The van der Waals surface area contributed by atoms with Crippen molar-refractivity contribution in [1.29, 1.82) is 0 Å². The highest BCUT2D eigenvalue weighted by Gasteiger charge is 2.18. The van der Waals surface area contributed by atoms with Crippen LogP contribution >= 0.6 is 9.24 Å². The SMILES string of the molecule is [2H]C[C@H](C(CC)CC)[C@H](C)CP. The predicted molar refractivity (Wildman–Crippen MR) is 57.0 cm³/mol. The van der Waals surface area contributed by atoms with E-state index in [9.17, 15) is 0 Å². The lowest BCUT2D eigenvalue weighted by Gasteiger charge is -2.26.